The number of carbonyl (C=O) groups excluding carboxylic acids is 1. The van der Waals surface area contributed by atoms with Crippen molar-refractivity contribution in [3.05, 3.63) is 95.1 Å². The van der Waals surface area contributed by atoms with Crippen molar-refractivity contribution in [1.82, 2.24) is 5.32 Å². The van der Waals surface area contributed by atoms with Gasteiger partial charge in [-0.05, 0) is 58.6 Å². The molecule has 0 aliphatic heterocycles. The molecule has 5 heteroatoms. The molecule has 3 aromatic carbocycles. The van der Waals surface area contributed by atoms with Crippen LogP contribution in [0, 0.1) is 5.92 Å². The van der Waals surface area contributed by atoms with E-state index in [0.717, 1.165) is 35.1 Å². The lowest BCUT2D eigenvalue weighted by Crippen LogP contribution is -2.42. The number of amides is 1. The summed E-state index contributed by atoms with van der Waals surface area (Å²) in [6.07, 6.45) is 1.38. The van der Waals surface area contributed by atoms with Crippen LogP contribution in [0.2, 0.25) is 0 Å². The minimum Gasteiger partial charge on any atom is -0.480 e. The summed E-state index contributed by atoms with van der Waals surface area (Å²) in [5.74, 6) is -0.891. The minimum atomic E-state index is -1.03. The van der Waals surface area contributed by atoms with Crippen LogP contribution in [0.3, 0.4) is 0 Å². The number of ether oxygens (including phenoxy) is 1. The summed E-state index contributed by atoms with van der Waals surface area (Å²) in [7, 11) is 0. The van der Waals surface area contributed by atoms with Crippen molar-refractivity contribution in [2.75, 3.05) is 6.61 Å². The lowest BCUT2D eigenvalue weighted by molar-refractivity contribution is -0.139. The van der Waals surface area contributed by atoms with Gasteiger partial charge in [0.1, 0.15) is 12.6 Å². The molecule has 0 radical (unpaired) electrons. The van der Waals surface area contributed by atoms with Gasteiger partial charge in [0.15, 0.2) is 0 Å². The van der Waals surface area contributed by atoms with Crippen LogP contribution < -0.4 is 5.32 Å². The van der Waals surface area contributed by atoms with Crippen molar-refractivity contribution in [2.24, 2.45) is 5.92 Å². The lowest BCUT2D eigenvalue weighted by atomic mass is 9.97. The summed E-state index contributed by atoms with van der Waals surface area (Å²) in [6.45, 7) is 0.168. The largest absolute Gasteiger partial charge is 0.480 e. The van der Waals surface area contributed by atoms with Crippen molar-refractivity contribution in [3.8, 4) is 11.1 Å². The number of hydrogen-bond donors (Lipinski definition) is 2. The molecule has 2 N–H and O–H groups in total. The molecule has 0 unspecified atom stereocenters. The first-order valence-corrected chi connectivity index (χ1v) is 11.0. The molecule has 32 heavy (non-hydrogen) atoms. The zero-order chi connectivity index (χ0) is 22.1. The fourth-order valence-electron chi connectivity index (χ4n) is 5.15. The predicted molar refractivity (Wildman–Crippen MR) is 122 cm³/mol. The van der Waals surface area contributed by atoms with Crippen LogP contribution in [0.4, 0.5) is 4.79 Å². The van der Waals surface area contributed by atoms with Gasteiger partial charge in [-0.1, -0.05) is 72.8 Å². The minimum absolute atomic E-state index is 0.0549. The standard InChI is InChI=1S/C27H25NO4/c29-26(30)25(15-17-13-18-7-1-2-8-19(18)14-17)28-27(31)32-16-24-22-11-5-3-9-20(22)21-10-4-6-12-23(21)24/h1-12,17,24-25H,13-16H2,(H,28,31)(H,29,30)/t25-/m1/s1. The molecular weight excluding hydrogens is 402 g/mol. The Morgan fingerprint density at radius 2 is 1.41 bits per heavy atom. The number of hydrogen-bond acceptors (Lipinski definition) is 3. The van der Waals surface area contributed by atoms with E-state index in [4.69, 9.17) is 4.74 Å². The van der Waals surface area contributed by atoms with Crippen molar-refractivity contribution < 1.29 is 19.4 Å². The smallest absolute Gasteiger partial charge is 0.407 e. The summed E-state index contributed by atoms with van der Waals surface area (Å²) in [4.78, 5) is 24.3. The van der Waals surface area contributed by atoms with Crippen LogP contribution in [-0.2, 0) is 22.4 Å². The Balaban J connectivity index is 1.22. The van der Waals surface area contributed by atoms with E-state index in [1.165, 1.54) is 11.1 Å². The molecule has 0 aromatic heterocycles. The zero-order valence-electron chi connectivity index (χ0n) is 17.7. The lowest BCUT2D eigenvalue weighted by Gasteiger charge is -2.19. The molecule has 1 amide bonds. The Morgan fingerprint density at radius 1 is 0.875 bits per heavy atom. The Hall–Kier alpha value is -3.60. The maximum atomic E-state index is 12.5. The third-order valence-electron chi connectivity index (χ3n) is 6.64. The number of fused-ring (bicyclic) bond motifs is 4. The highest BCUT2D eigenvalue weighted by Crippen LogP contribution is 2.44. The van der Waals surface area contributed by atoms with E-state index in [9.17, 15) is 14.7 Å². The number of aliphatic carboxylic acids is 1. The zero-order valence-corrected chi connectivity index (χ0v) is 17.7. The second-order valence-corrected chi connectivity index (χ2v) is 8.64. The average Bonchev–Trinajstić information content (AvgIpc) is 3.35. The molecule has 162 valence electrons. The van der Waals surface area contributed by atoms with Crippen LogP contribution in [-0.4, -0.2) is 29.8 Å². The summed E-state index contributed by atoms with van der Waals surface area (Å²) in [5, 5.41) is 12.3. The highest BCUT2D eigenvalue weighted by molar-refractivity contribution is 5.81. The van der Waals surface area contributed by atoms with Crippen molar-refractivity contribution in [2.45, 2.75) is 31.2 Å². The number of carboxylic acid groups (broad SMARTS) is 1. The van der Waals surface area contributed by atoms with E-state index in [1.54, 1.807) is 0 Å². The van der Waals surface area contributed by atoms with Crippen LogP contribution in [0.5, 0.6) is 0 Å². The molecule has 5 nitrogen and oxygen atoms in total. The first-order chi connectivity index (χ1) is 15.6. The number of rotatable bonds is 6. The summed E-state index contributed by atoms with van der Waals surface area (Å²) < 4.78 is 5.53. The molecule has 0 saturated heterocycles. The van der Waals surface area contributed by atoms with Gasteiger partial charge in [-0.3, -0.25) is 0 Å². The molecule has 2 aliphatic rings. The van der Waals surface area contributed by atoms with E-state index < -0.39 is 18.1 Å². The maximum absolute atomic E-state index is 12.5. The van der Waals surface area contributed by atoms with Gasteiger partial charge in [0.2, 0.25) is 0 Å². The molecule has 5 rings (SSSR count). The molecule has 2 aliphatic carbocycles. The van der Waals surface area contributed by atoms with Gasteiger partial charge < -0.3 is 15.2 Å². The Labute approximate surface area is 187 Å². The topological polar surface area (TPSA) is 75.6 Å². The molecule has 0 heterocycles. The van der Waals surface area contributed by atoms with E-state index in [-0.39, 0.29) is 18.4 Å². The van der Waals surface area contributed by atoms with E-state index >= 15 is 0 Å². The maximum Gasteiger partial charge on any atom is 0.407 e. The second-order valence-electron chi connectivity index (χ2n) is 8.64. The van der Waals surface area contributed by atoms with Gasteiger partial charge in [0.25, 0.3) is 0 Å². The fraction of sp³-hybridized carbons (Fsp3) is 0.259. The van der Waals surface area contributed by atoms with Crippen molar-refractivity contribution in [1.29, 1.82) is 0 Å². The Kier molecular flexibility index (Phi) is 5.39. The molecule has 3 aromatic rings. The SMILES string of the molecule is O=C(N[C@H](CC1Cc2ccccc2C1)C(=O)O)OCC1c2ccccc2-c2ccccc21. The normalized spacial score (nSPS) is 15.5. The fourth-order valence-corrected chi connectivity index (χ4v) is 5.15. The van der Waals surface area contributed by atoms with Gasteiger partial charge in [0.05, 0.1) is 0 Å². The summed E-state index contributed by atoms with van der Waals surface area (Å²) in [6, 6.07) is 23.5. The number of nitrogens with one attached hydrogen (secondary N) is 1. The number of alkyl carbamates (subject to hydrolysis) is 1. The van der Waals surface area contributed by atoms with Crippen LogP contribution in [0.25, 0.3) is 11.1 Å². The highest BCUT2D eigenvalue weighted by atomic mass is 16.5. The van der Waals surface area contributed by atoms with E-state index in [2.05, 4.69) is 41.7 Å². The quantitative estimate of drug-likeness (QED) is 0.593. The van der Waals surface area contributed by atoms with E-state index in [1.807, 2.05) is 36.4 Å². The van der Waals surface area contributed by atoms with Crippen LogP contribution in [0.1, 0.15) is 34.6 Å². The molecule has 0 bridgehead atoms. The molecule has 0 saturated carbocycles. The van der Waals surface area contributed by atoms with Crippen molar-refractivity contribution >= 4 is 12.1 Å². The number of benzene rings is 3. The average molecular weight is 428 g/mol. The number of carboxylic acids is 1. The first kappa shape index (κ1) is 20.3. The number of carbonyl (C=O) groups is 2. The third-order valence-corrected chi connectivity index (χ3v) is 6.64. The van der Waals surface area contributed by atoms with Gasteiger partial charge in [-0.15, -0.1) is 0 Å². The van der Waals surface area contributed by atoms with Gasteiger partial charge in [0, 0.05) is 5.92 Å². The Bertz CT molecular complexity index is 1100. The molecule has 1 atom stereocenters. The molecule has 0 fully saturated rings. The van der Waals surface area contributed by atoms with Gasteiger partial charge in [-0.25, -0.2) is 9.59 Å². The summed E-state index contributed by atoms with van der Waals surface area (Å²) >= 11 is 0. The monoisotopic (exact) mass is 427 g/mol. The van der Waals surface area contributed by atoms with E-state index in [0.29, 0.717) is 6.42 Å². The van der Waals surface area contributed by atoms with Crippen LogP contribution in [0.15, 0.2) is 72.8 Å². The highest BCUT2D eigenvalue weighted by Gasteiger charge is 2.31. The predicted octanol–water partition coefficient (Wildman–Crippen LogP) is 4.78. The first-order valence-electron chi connectivity index (χ1n) is 11.0. The Morgan fingerprint density at radius 3 is 1.97 bits per heavy atom. The molecule has 0 spiro atoms. The molecular formula is C27H25NO4. The third kappa shape index (κ3) is 3.86. The van der Waals surface area contributed by atoms with Gasteiger partial charge in [-0.2, -0.15) is 0 Å². The van der Waals surface area contributed by atoms with Gasteiger partial charge >= 0.3 is 12.1 Å². The van der Waals surface area contributed by atoms with Crippen molar-refractivity contribution in [3.63, 3.8) is 0 Å². The summed E-state index contributed by atoms with van der Waals surface area (Å²) in [5.41, 5.74) is 7.09. The second kappa shape index (κ2) is 8.50. The van der Waals surface area contributed by atoms with Crippen LogP contribution >= 0.6 is 0 Å².